The van der Waals surface area contributed by atoms with Crippen LogP contribution in [0.2, 0.25) is 0 Å². The quantitative estimate of drug-likeness (QED) is 0.641. The lowest BCUT2D eigenvalue weighted by molar-refractivity contribution is 0.168. The molecule has 7 nitrogen and oxygen atoms in total. The Morgan fingerprint density at radius 3 is 2.79 bits per heavy atom. The Morgan fingerprint density at radius 1 is 1.25 bits per heavy atom. The van der Waals surface area contributed by atoms with Gasteiger partial charge in [0.1, 0.15) is 0 Å². The van der Waals surface area contributed by atoms with E-state index in [2.05, 4.69) is 58.6 Å². The van der Waals surface area contributed by atoms with E-state index in [-0.39, 0.29) is 6.04 Å². The summed E-state index contributed by atoms with van der Waals surface area (Å²) in [6.07, 6.45) is 2.44. The van der Waals surface area contributed by atoms with E-state index in [1.54, 1.807) is 26.2 Å². The minimum absolute atomic E-state index is 0.0770. The van der Waals surface area contributed by atoms with Gasteiger partial charge in [0, 0.05) is 36.3 Å². The summed E-state index contributed by atoms with van der Waals surface area (Å²) in [4.78, 5) is 16.3. The van der Waals surface area contributed by atoms with Gasteiger partial charge in [-0.05, 0) is 38.0 Å². The number of nitrogens with one attached hydrogen (secondary N) is 2. The fourth-order valence-corrected chi connectivity index (χ4v) is 3.25. The number of amides is 1. The fraction of sp³-hybridized carbons (Fsp3) is 0.333. The van der Waals surface area contributed by atoms with Gasteiger partial charge < -0.3 is 19.4 Å². The molecule has 28 heavy (non-hydrogen) atoms. The standard InChI is InChI=1S/C21H26N4O3/c1-5-28-21(26)23-17-10-11-19(27-4)24-20(17)22-14(2)12-15-13-25(3)18-9-7-6-8-16(15)18/h6-11,13-14H,5,12H2,1-4H3,(H,22,24)(H,23,26). The third-order valence-electron chi connectivity index (χ3n) is 4.48. The first kappa shape index (κ1) is 19.5. The van der Waals surface area contributed by atoms with Crippen LogP contribution >= 0.6 is 0 Å². The van der Waals surface area contributed by atoms with Crippen molar-refractivity contribution in [3.05, 3.63) is 48.2 Å². The molecule has 0 aliphatic carbocycles. The molecule has 0 radical (unpaired) electrons. The summed E-state index contributed by atoms with van der Waals surface area (Å²) in [7, 11) is 3.61. The van der Waals surface area contributed by atoms with Crippen molar-refractivity contribution in [2.75, 3.05) is 24.4 Å². The van der Waals surface area contributed by atoms with Gasteiger partial charge in [0.05, 0.1) is 19.4 Å². The van der Waals surface area contributed by atoms with Crippen molar-refractivity contribution in [2.45, 2.75) is 26.3 Å². The Balaban J connectivity index is 1.80. The smallest absolute Gasteiger partial charge is 0.411 e. The molecule has 1 amide bonds. The molecule has 0 aliphatic rings. The normalized spacial score (nSPS) is 11.9. The largest absolute Gasteiger partial charge is 0.481 e. The van der Waals surface area contributed by atoms with Gasteiger partial charge in [0.25, 0.3) is 0 Å². The Bertz CT molecular complexity index is 967. The Hall–Kier alpha value is -3.22. The minimum Gasteiger partial charge on any atom is -0.481 e. The van der Waals surface area contributed by atoms with Crippen LogP contribution < -0.4 is 15.4 Å². The third kappa shape index (κ3) is 4.36. The maximum Gasteiger partial charge on any atom is 0.411 e. The zero-order chi connectivity index (χ0) is 20.1. The number of ether oxygens (including phenoxy) is 2. The number of methoxy groups -OCH3 is 1. The van der Waals surface area contributed by atoms with E-state index in [0.717, 1.165) is 6.42 Å². The molecule has 0 saturated heterocycles. The van der Waals surface area contributed by atoms with E-state index in [4.69, 9.17) is 9.47 Å². The zero-order valence-electron chi connectivity index (χ0n) is 16.7. The summed E-state index contributed by atoms with van der Waals surface area (Å²) in [6.45, 7) is 4.14. The summed E-state index contributed by atoms with van der Waals surface area (Å²) < 4.78 is 12.3. The number of aryl methyl sites for hydroxylation is 1. The number of carbonyl (C=O) groups excluding carboxylic acids is 1. The first-order valence-electron chi connectivity index (χ1n) is 9.30. The second-order valence-corrected chi connectivity index (χ2v) is 6.63. The molecule has 2 aromatic heterocycles. The van der Waals surface area contributed by atoms with Crippen LogP contribution in [0, 0.1) is 0 Å². The molecule has 3 aromatic rings. The summed E-state index contributed by atoms with van der Waals surface area (Å²) in [5.41, 5.74) is 3.00. The first-order chi connectivity index (χ1) is 13.5. The minimum atomic E-state index is -0.515. The van der Waals surface area contributed by atoms with Crippen molar-refractivity contribution < 1.29 is 14.3 Å². The number of fused-ring (bicyclic) bond motifs is 1. The lowest BCUT2D eigenvalue weighted by atomic mass is 10.1. The molecule has 148 valence electrons. The predicted octanol–water partition coefficient (Wildman–Crippen LogP) is 4.19. The van der Waals surface area contributed by atoms with Crippen molar-refractivity contribution in [1.82, 2.24) is 9.55 Å². The van der Waals surface area contributed by atoms with Crippen molar-refractivity contribution in [3.8, 4) is 5.88 Å². The average molecular weight is 382 g/mol. The molecule has 0 saturated carbocycles. The van der Waals surface area contributed by atoms with Gasteiger partial charge in [-0.3, -0.25) is 5.32 Å². The number of nitrogens with zero attached hydrogens (tertiary/aromatic N) is 2. The van der Waals surface area contributed by atoms with Gasteiger partial charge in [-0.1, -0.05) is 18.2 Å². The van der Waals surface area contributed by atoms with Gasteiger partial charge in [0.2, 0.25) is 5.88 Å². The number of hydrogen-bond acceptors (Lipinski definition) is 5. The number of benzene rings is 1. The van der Waals surface area contributed by atoms with E-state index < -0.39 is 6.09 Å². The monoisotopic (exact) mass is 382 g/mol. The number of rotatable bonds is 7. The Labute approximate surface area is 164 Å². The van der Waals surface area contributed by atoms with Crippen LogP contribution in [0.15, 0.2) is 42.6 Å². The number of anilines is 2. The van der Waals surface area contributed by atoms with Crippen molar-refractivity contribution in [3.63, 3.8) is 0 Å². The molecular weight excluding hydrogens is 356 g/mol. The highest BCUT2D eigenvalue weighted by Gasteiger charge is 2.15. The summed E-state index contributed by atoms with van der Waals surface area (Å²) in [5.74, 6) is 1.01. The van der Waals surface area contributed by atoms with Crippen LogP contribution in [0.3, 0.4) is 0 Å². The van der Waals surface area contributed by atoms with Crippen molar-refractivity contribution >= 4 is 28.5 Å². The molecule has 0 fully saturated rings. The van der Waals surface area contributed by atoms with Crippen LogP contribution in [0.5, 0.6) is 5.88 Å². The number of pyridine rings is 1. The molecule has 1 aromatic carbocycles. The van der Waals surface area contributed by atoms with E-state index >= 15 is 0 Å². The number of hydrogen-bond donors (Lipinski definition) is 2. The fourth-order valence-electron chi connectivity index (χ4n) is 3.25. The Kier molecular flexibility index (Phi) is 6.03. The maximum atomic E-state index is 11.8. The zero-order valence-corrected chi connectivity index (χ0v) is 16.7. The number of para-hydroxylation sites is 1. The van der Waals surface area contributed by atoms with Gasteiger partial charge >= 0.3 is 6.09 Å². The lowest BCUT2D eigenvalue weighted by Crippen LogP contribution is -2.21. The predicted molar refractivity (Wildman–Crippen MR) is 111 cm³/mol. The highest BCUT2D eigenvalue weighted by Crippen LogP contribution is 2.26. The Morgan fingerprint density at radius 2 is 2.04 bits per heavy atom. The van der Waals surface area contributed by atoms with Crippen molar-refractivity contribution in [2.24, 2.45) is 7.05 Å². The van der Waals surface area contributed by atoms with Crippen LogP contribution in [0.4, 0.5) is 16.3 Å². The molecule has 1 unspecified atom stereocenters. The summed E-state index contributed by atoms with van der Waals surface area (Å²) >= 11 is 0. The molecule has 7 heteroatoms. The molecule has 0 aliphatic heterocycles. The lowest BCUT2D eigenvalue weighted by Gasteiger charge is -2.18. The van der Waals surface area contributed by atoms with E-state index in [9.17, 15) is 4.79 Å². The van der Waals surface area contributed by atoms with E-state index in [1.165, 1.54) is 16.5 Å². The van der Waals surface area contributed by atoms with Gasteiger partial charge in [0.15, 0.2) is 5.82 Å². The molecule has 2 N–H and O–H groups in total. The number of carbonyl (C=O) groups is 1. The number of aromatic nitrogens is 2. The summed E-state index contributed by atoms with van der Waals surface area (Å²) in [6, 6.07) is 11.9. The molecule has 0 spiro atoms. The molecule has 1 atom stereocenters. The molecule has 3 rings (SSSR count). The third-order valence-corrected chi connectivity index (χ3v) is 4.48. The topological polar surface area (TPSA) is 77.4 Å². The SMILES string of the molecule is CCOC(=O)Nc1ccc(OC)nc1NC(C)Cc1cn(C)c2ccccc12. The second-order valence-electron chi connectivity index (χ2n) is 6.63. The first-order valence-corrected chi connectivity index (χ1v) is 9.30. The highest BCUT2D eigenvalue weighted by molar-refractivity contribution is 5.88. The van der Waals surface area contributed by atoms with Gasteiger partial charge in [-0.25, -0.2) is 4.79 Å². The van der Waals surface area contributed by atoms with Crippen LogP contribution in [-0.4, -0.2) is 35.4 Å². The van der Waals surface area contributed by atoms with Gasteiger partial charge in [-0.2, -0.15) is 4.98 Å². The van der Waals surface area contributed by atoms with Crippen molar-refractivity contribution in [1.29, 1.82) is 0 Å². The maximum absolute atomic E-state index is 11.8. The van der Waals surface area contributed by atoms with Crippen LogP contribution in [0.25, 0.3) is 10.9 Å². The highest BCUT2D eigenvalue weighted by atomic mass is 16.5. The van der Waals surface area contributed by atoms with E-state index in [1.807, 2.05) is 6.07 Å². The molecule has 2 heterocycles. The average Bonchev–Trinajstić information content (AvgIpc) is 2.99. The molecular formula is C21H26N4O3. The second kappa shape index (κ2) is 8.65. The molecule has 0 bridgehead atoms. The van der Waals surface area contributed by atoms with Gasteiger partial charge in [-0.15, -0.1) is 0 Å². The summed E-state index contributed by atoms with van der Waals surface area (Å²) in [5, 5.41) is 7.34. The van der Waals surface area contributed by atoms with Crippen LogP contribution in [-0.2, 0) is 18.2 Å². The van der Waals surface area contributed by atoms with E-state index in [0.29, 0.717) is 24.0 Å². The van der Waals surface area contributed by atoms with Crippen LogP contribution in [0.1, 0.15) is 19.4 Å².